The van der Waals surface area contributed by atoms with Crippen LogP contribution in [0, 0.1) is 5.92 Å². The van der Waals surface area contributed by atoms with Crippen molar-refractivity contribution in [3.8, 4) is 0 Å². The number of ether oxygens (including phenoxy) is 1. The molecule has 2 fully saturated rings. The highest BCUT2D eigenvalue weighted by atomic mass is 32.2. The molecule has 1 aromatic carbocycles. The summed E-state index contributed by atoms with van der Waals surface area (Å²) >= 11 is 0. The van der Waals surface area contributed by atoms with Crippen LogP contribution >= 0.6 is 0 Å². The third kappa shape index (κ3) is 3.96. The molecule has 0 amide bonds. The maximum absolute atomic E-state index is 12.8. The molecule has 2 aliphatic rings. The molecule has 24 heavy (non-hydrogen) atoms. The van der Waals surface area contributed by atoms with Crippen molar-refractivity contribution in [2.24, 2.45) is 5.92 Å². The number of esters is 1. The van der Waals surface area contributed by atoms with Gasteiger partial charge in [0, 0.05) is 19.1 Å². The summed E-state index contributed by atoms with van der Waals surface area (Å²) in [6.45, 7) is 2.07. The summed E-state index contributed by atoms with van der Waals surface area (Å²) in [6.07, 6.45) is 4.28. The molecule has 0 spiro atoms. The normalized spacial score (nSPS) is 20.0. The number of carbonyl (C=O) groups excluding carboxylic acids is 1. The van der Waals surface area contributed by atoms with E-state index < -0.39 is 16.0 Å². The second-order valence-corrected chi connectivity index (χ2v) is 8.49. The SMILES string of the molecule is COC(=O)c1cccc(S(=O)(=O)N2CCC(NCC3CC3)CC2)c1. The second-order valence-electron chi connectivity index (χ2n) is 6.55. The zero-order valence-corrected chi connectivity index (χ0v) is 14.7. The van der Waals surface area contributed by atoms with Crippen LogP contribution in [0.2, 0.25) is 0 Å². The Bertz CT molecular complexity index is 692. The van der Waals surface area contributed by atoms with E-state index in [1.54, 1.807) is 12.1 Å². The summed E-state index contributed by atoms with van der Waals surface area (Å²) in [5, 5.41) is 3.54. The standard InChI is InChI=1S/C17H24N2O4S/c1-23-17(20)14-3-2-4-16(11-14)24(21,22)19-9-7-15(8-10-19)18-12-13-5-6-13/h2-4,11,13,15,18H,5-10,12H2,1H3. The predicted octanol–water partition coefficient (Wildman–Crippen LogP) is 1.63. The van der Waals surface area contributed by atoms with Crippen molar-refractivity contribution in [3.05, 3.63) is 29.8 Å². The molecule has 0 radical (unpaired) electrons. The van der Waals surface area contributed by atoms with Crippen LogP contribution in [0.1, 0.15) is 36.0 Å². The summed E-state index contributed by atoms with van der Waals surface area (Å²) in [7, 11) is -2.29. The van der Waals surface area contributed by atoms with Gasteiger partial charge in [0.25, 0.3) is 0 Å². The molecule has 1 aromatic rings. The molecule has 1 N–H and O–H groups in total. The quantitative estimate of drug-likeness (QED) is 0.788. The number of nitrogens with one attached hydrogen (secondary N) is 1. The fourth-order valence-electron chi connectivity index (χ4n) is 3.01. The van der Waals surface area contributed by atoms with Crippen LogP contribution in [0.3, 0.4) is 0 Å². The van der Waals surface area contributed by atoms with E-state index in [1.165, 1.54) is 36.4 Å². The van der Waals surface area contributed by atoms with Crippen molar-refractivity contribution < 1.29 is 17.9 Å². The predicted molar refractivity (Wildman–Crippen MR) is 90.3 cm³/mol. The first-order valence-corrected chi connectivity index (χ1v) is 9.86. The molecular formula is C17H24N2O4S. The summed E-state index contributed by atoms with van der Waals surface area (Å²) in [4.78, 5) is 11.8. The zero-order chi connectivity index (χ0) is 17.2. The van der Waals surface area contributed by atoms with Gasteiger partial charge in [-0.2, -0.15) is 4.31 Å². The maximum Gasteiger partial charge on any atom is 0.337 e. The zero-order valence-electron chi connectivity index (χ0n) is 13.9. The molecule has 0 bridgehead atoms. The number of nitrogens with zero attached hydrogens (tertiary/aromatic N) is 1. The minimum atomic E-state index is -3.57. The van der Waals surface area contributed by atoms with Gasteiger partial charge in [-0.25, -0.2) is 13.2 Å². The molecule has 0 aromatic heterocycles. The fraction of sp³-hybridized carbons (Fsp3) is 0.588. The van der Waals surface area contributed by atoms with E-state index in [0.29, 0.717) is 19.1 Å². The number of benzene rings is 1. The molecular weight excluding hydrogens is 328 g/mol. The van der Waals surface area contributed by atoms with Crippen LogP contribution in [-0.4, -0.2) is 51.5 Å². The van der Waals surface area contributed by atoms with Crippen LogP contribution in [0.4, 0.5) is 0 Å². The average Bonchev–Trinajstić information content (AvgIpc) is 3.44. The lowest BCUT2D eigenvalue weighted by Crippen LogP contribution is -2.45. The van der Waals surface area contributed by atoms with E-state index in [1.807, 2.05) is 0 Å². The Kier molecular flexibility index (Phi) is 5.22. The van der Waals surface area contributed by atoms with Gasteiger partial charge in [0.2, 0.25) is 10.0 Å². The number of sulfonamides is 1. The number of methoxy groups -OCH3 is 1. The van der Waals surface area contributed by atoms with Gasteiger partial charge >= 0.3 is 5.97 Å². The maximum atomic E-state index is 12.8. The van der Waals surface area contributed by atoms with Gasteiger partial charge in [0.1, 0.15) is 0 Å². The third-order valence-corrected chi connectivity index (χ3v) is 6.63. The van der Waals surface area contributed by atoms with E-state index in [-0.39, 0.29) is 10.5 Å². The molecule has 1 aliphatic carbocycles. The van der Waals surface area contributed by atoms with E-state index in [0.717, 1.165) is 25.3 Å². The summed E-state index contributed by atoms with van der Waals surface area (Å²) in [5.41, 5.74) is 0.250. The Morgan fingerprint density at radius 3 is 2.58 bits per heavy atom. The van der Waals surface area contributed by atoms with Gasteiger partial charge in [0.15, 0.2) is 0 Å². The molecule has 1 saturated heterocycles. The first-order valence-electron chi connectivity index (χ1n) is 8.42. The molecule has 132 valence electrons. The minimum absolute atomic E-state index is 0.148. The van der Waals surface area contributed by atoms with E-state index >= 15 is 0 Å². The largest absolute Gasteiger partial charge is 0.465 e. The van der Waals surface area contributed by atoms with E-state index in [2.05, 4.69) is 10.1 Å². The Morgan fingerprint density at radius 2 is 1.96 bits per heavy atom. The van der Waals surface area contributed by atoms with E-state index in [9.17, 15) is 13.2 Å². The first-order chi connectivity index (χ1) is 11.5. The van der Waals surface area contributed by atoms with Gasteiger partial charge in [-0.15, -0.1) is 0 Å². The number of hydrogen-bond acceptors (Lipinski definition) is 5. The van der Waals surface area contributed by atoms with Crippen LogP contribution in [-0.2, 0) is 14.8 Å². The Morgan fingerprint density at radius 1 is 1.25 bits per heavy atom. The van der Waals surface area contributed by atoms with Crippen molar-refractivity contribution in [1.29, 1.82) is 0 Å². The Labute approximate surface area is 143 Å². The molecule has 7 heteroatoms. The van der Waals surface area contributed by atoms with Crippen LogP contribution in [0.25, 0.3) is 0 Å². The fourth-order valence-corrected chi connectivity index (χ4v) is 4.52. The molecule has 1 saturated carbocycles. The van der Waals surface area contributed by atoms with Crippen molar-refractivity contribution in [3.63, 3.8) is 0 Å². The van der Waals surface area contributed by atoms with Crippen LogP contribution < -0.4 is 5.32 Å². The Hall–Kier alpha value is -1.44. The monoisotopic (exact) mass is 352 g/mol. The third-order valence-electron chi connectivity index (χ3n) is 4.74. The Balaban J connectivity index is 1.64. The highest BCUT2D eigenvalue weighted by molar-refractivity contribution is 7.89. The minimum Gasteiger partial charge on any atom is -0.465 e. The second kappa shape index (κ2) is 7.21. The number of hydrogen-bond donors (Lipinski definition) is 1. The lowest BCUT2D eigenvalue weighted by Gasteiger charge is -2.31. The van der Waals surface area contributed by atoms with Crippen LogP contribution in [0.5, 0.6) is 0 Å². The van der Waals surface area contributed by atoms with Crippen molar-refractivity contribution in [2.45, 2.75) is 36.6 Å². The lowest BCUT2D eigenvalue weighted by atomic mass is 10.1. The van der Waals surface area contributed by atoms with Gasteiger partial charge in [0.05, 0.1) is 17.6 Å². The topological polar surface area (TPSA) is 75.7 Å². The first kappa shape index (κ1) is 17.4. The summed E-state index contributed by atoms with van der Waals surface area (Å²) < 4.78 is 31.7. The van der Waals surface area contributed by atoms with Crippen molar-refractivity contribution in [2.75, 3.05) is 26.7 Å². The van der Waals surface area contributed by atoms with Crippen LogP contribution in [0.15, 0.2) is 29.2 Å². The molecule has 1 heterocycles. The molecule has 6 nitrogen and oxygen atoms in total. The highest BCUT2D eigenvalue weighted by Crippen LogP contribution is 2.28. The van der Waals surface area contributed by atoms with E-state index in [4.69, 9.17) is 0 Å². The van der Waals surface area contributed by atoms with Gasteiger partial charge in [-0.1, -0.05) is 6.07 Å². The van der Waals surface area contributed by atoms with Crippen molar-refractivity contribution >= 4 is 16.0 Å². The molecule has 0 atom stereocenters. The smallest absolute Gasteiger partial charge is 0.337 e. The number of carbonyl (C=O) groups is 1. The summed E-state index contributed by atoms with van der Waals surface area (Å²) in [6, 6.07) is 6.44. The van der Waals surface area contributed by atoms with Gasteiger partial charge in [-0.3, -0.25) is 0 Å². The molecule has 1 aliphatic heterocycles. The molecule has 0 unspecified atom stereocenters. The molecule has 3 rings (SSSR count). The average molecular weight is 352 g/mol. The van der Waals surface area contributed by atoms with Crippen molar-refractivity contribution in [1.82, 2.24) is 9.62 Å². The highest BCUT2D eigenvalue weighted by Gasteiger charge is 2.30. The lowest BCUT2D eigenvalue weighted by molar-refractivity contribution is 0.0600. The number of piperidine rings is 1. The summed E-state index contributed by atoms with van der Waals surface area (Å²) in [5.74, 6) is 0.294. The number of rotatable bonds is 6. The van der Waals surface area contributed by atoms with Gasteiger partial charge < -0.3 is 10.1 Å². The van der Waals surface area contributed by atoms with Gasteiger partial charge in [-0.05, 0) is 56.3 Å².